The first-order chi connectivity index (χ1) is 12.6. The molecule has 0 saturated heterocycles. The molecule has 2 atom stereocenters. The lowest BCUT2D eigenvalue weighted by atomic mass is 9.65. The summed E-state index contributed by atoms with van der Waals surface area (Å²) < 4.78 is 0. The number of carbonyl (C=O) groups is 2. The van der Waals surface area contributed by atoms with Gasteiger partial charge in [-0.1, -0.05) is 30.7 Å². The molecular weight excluding hydrogens is 362 g/mol. The quantitative estimate of drug-likeness (QED) is 0.829. The fourth-order valence-electron chi connectivity index (χ4n) is 5.13. The van der Waals surface area contributed by atoms with Crippen LogP contribution >= 0.6 is 12.4 Å². The van der Waals surface area contributed by atoms with Crippen molar-refractivity contribution in [2.45, 2.75) is 51.1 Å². The van der Waals surface area contributed by atoms with Gasteiger partial charge >= 0.3 is 0 Å². The summed E-state index contributed by atoms with van der Waals surface area (Å²) in [5.41, 5.74) is 8.85. The van der Waals surface area contributed by atoms with Crippen LogP contribution in [0.15, 0.2) is 24.3 Å². The highest BCUT2D eigenvalue weighted by Gasteiger charge is 2.40. The summed E-state index contributed by atoms with van der Waals surface area (Å²) in [6, 6.07) is 8.53. The van der Waals surface area contributed by atoms with E-state index < -0.39 is 0 Å². The monoisotopic (exact) mass is 391 g/mol. The maximum absolute atomic E-state index is 12.6. The summed E-state index contributed by atoms with van der Waals surface area (Å²) in [5.74, 6) is 1.04. The fourth-order valence-corrected chi connectivity index (χ4v) is 5.13. The molecule has 27 heavy (non-hydrogen) atoms. The molecule has 0 radical (unpaired) electrons. The molecule has 0 aromatic heterocycles. The average molecular weight is 392 g/mol. The standard InChI is InChI=1S/C21H29N3O2.ClH/c22-20-15-6-3-7-16(20)11-18(10-15)21(26)23-12-19(25)24-9-8-14-4-1-2-5-17(14)13-24;/h1-2,4-5,15-16,18,20H,3,6-13,22H2,(H,23,26);1H. The summed E-state index contributed by atoms with van der Waals surface area (Å²) in [5, 5.41) is 2.91. The lowest BCUT2D eigenvalue weighted by Gasteiger charge is -2.43. The Labute approximate surface area is 167 Å². The zero-order chi connectivity index (χ0) is 18.1. The van der Waals surface area contributed by atoms with Gasteiger partial charge in [-0.2, -0.15) is 0 Å². The number of benzene rings is 1. The van der Waals surface area contributed by atoms with Gasteiger partial charge in [0.25, 0.3) is 0 Å². The molecule has 5 nitrogen and oxygen atoms in total. The van der Waals surface area contributed by atoms with Crippen molar-refractivity contribution in [2.24, 2.45) is 23.5 Å². The van der Waals surface area contributed by atoms with Gasteiger partial charge in [0.15, 0.2) is 0 Å². The molecule has 2 aliphatic carbocycles. The molecule has 6 heteroatoms. The van der Waals surface area contributed by atoms with E-state index in [0.717, 1.165) is 38.6 Å². The predicted molar refractivity (Wildman–Crippen MR) is 107 cm³/mol. The highest BCUT2D eigenvalue weighted by atomic mass is 35.5. The van der Waals surface area contributed by atoms with Crippen molar-refractivity contribution in [3.63, 3.8) is 0 Å². The zero-order valence-electron chi connectivity index (χ0n) is 15.7. The van der Waals surface area contributed by atoms with Crippen molar-refractivity contribution in [1.29, 1.82) is 0 Å². The van der Waals surface area contributed by atoms with E-state index in [1.54, 1.807) is 0 Å². The second-order valence-electron chi connectivity index (χ2n) is 8.25. The molecule has 1 heterocycles. The van der Waals surface area contributed by atoms with E-state index >= 15 is 0 Å². The van der Waals surface area contributed by atoms with Crippen molar-refractivity contribution in [3.05, 3.63) is 35.4 Å². The predicted octanol–water partition coefficient (Wildman–Crippen LogP) is 2.26. The Bertz CT molecular complexity index is 682. The molecule has 2 bridgehead atoms. The van der Waals surface area contributed by atoms with E-state index in [-0.39, 0.29) is 42.7 Å². The second kappa shape index (κ2) is 8.61. The Morgan fingerprint density at radius 1 is 1.11 bits per heavy atom. The van der Waals surface area contributed by atoms with Gasteiger partial charge in [-0.15, -0.1) is 12.4 Å². The minimum Gasteiger partial charge on any atom is -0.347 e. The average Bonchev–Trinajstić information content (AvgIpc) is 2.65. The maximum Gasteiger partial charge on any atom is 0.242 e. The largest absolute Gasteiger partial charge is 0.347 e. The number of hydrogen-bond donors (Lipinski definition) is 2. The molecule has 3 aliphatic rings. The molecule has 2 unspecified atom stereocenters. The van der Waals surface area contributed by atoms with Crippen LogP contribution in [-0.2, 0) is 22.6 Å². The van der Waals surface area contributed by atoms with Crippen molar-refractivity contribution >= 4 is 24.2 Å². The molecule has 1 aromatic rings. The van der Waals surface area contributed by atoms with Crippen molar-refractivity contribution in [3.8, 4) is 0 Å². The SMILES string of the molecule is Cl.NC1C2CCCC1CC(C(=O)NCC(=O)N1CCc3ccccc3C1)C2. The van der Waals surface area contributed by atoms with Gasteiger partial charge in [-0.3, -0.25) is 9.59 Å². The highest BCUT2D eigenvalue weighted by Crippen LogP contribution is 2.41. The van der Waals surface area contributed by atoms with Crippen LogP contribution in [0.2, 0.25) is 0 Å². The lowest BCUT2D eigenvalue weighted by molar-refractivity contribution is -0.135. The van der Waals surface area contributed by atoms with Crippen molar-refractivity contribution < 1.29 is 9.59 Å². The third-order valence-electron chi connectivity index (χ3n) is 6.68. The minimum atomic E-state index is 0. The number of rotatable bonds is 3. The summed E-state index contributed by atoms with van der Waals surface area (Å²) in [6.07, 6.45) is 6.19. The van der Waals surface area contributed by atoms with Crippen LogP contribution in [0.3, 0.4) is 0 Å². The molecule has 1 aromatic carbocycles. The van der Waals surface area contributed by atoms with Gasteiger partial charge in [0.2, 0.25) is 11.8 Å². The van der Waals surface area contributed by atoms with E-state index in [4.69, 9.17) is 5.73 Å². The summed E-state index contributed by atoms with van der Waals surface area (Å²) >= 11 is 0. The minimum absolute atomic E-state index is 0. The van der Waals surface area contributed by atoms with Crippen LogP contribution in [0.4, 0.5) is 0 Å². The first-order valence-electron chi connectivity index (χ1n) is 9.99. The van der Waals surface area contributed by atoms with E-state index in [0.29, 0.717) is 18.4 Å². The molecule has 1 aliphatic heterocycles. The van der Waals surface area contributed by atoms with Gasteiger partial charge in [-0.25, -0.2) is 0 Å². The normalized spacial score (nSPS) is 29.3. The van der Waals surface area contributed by atoms with E-state index in [2.05, 4.69) is 17.4 Å². The number of nitrogens with zero attached hydrogens (tertiary/aromatic N) is 1. The molecule has 148 valence electrons. The first-order valence-corrected chi connectivity index (χ1v) is 9.99. The number of carbonyl (C=O) groups excluding carboxylic acids is 2. The van der Waals surface area contributed by atoms with Gasteiger partial charge in [0, 0.05) is 25.0 Å². The maximum atomic E-state index is 12.6. The third kappa shape index (κ3) is 4.30. The Morgan fingerprint density at radius 3 is 2.48 bits per heavy atom. The molecule has 2 saturated carbocycles. The highest BCUT2D eigenvalue weighted by molar-refractivity contribution is 5.86. The Morgan fingerprint density at radius 2 is 1.78 bits per heavy atom. The van der Waals surface area contributed by atoms with E-state index in [9.17, 15) is 9.59 Å². The van der Waals surface area contributed by atoms with Crippen LogP contribution in [0.1, 0.15) is 43.2 Å². The lowest BCUT2D eigenvalue weighted by Crippen LogP contribution is -2.50. The number of nitrogens with one attached hydrogen (secondary N) is 1. The molecule has 3 N–H and O–H groups in total. The number of fused-ring (bicyclic) bond motifs is 3. The molecule has 2 amide bonds. The number of hydrogen-bond acceptors (Lipinski definition) is 3. The van der Waals surface area contributed by atoms with Crippen LogP contribution < -0.4 is 11.1 Å². The molecule has 4 rings (SSSR count). The smallest absolute Gasteiger partial charge is 0.242 e. The van der Waals surface area contributed by atoms with Crippen LogP contribution in [0.25, 0.3) is 0 Å². The second-order valence-corrected chi connectivity index (χ2v) is 8.25. The third-order valence-corrected chi connectivity index (χ3v) is 6.68. The van der Waals surface area contributed by atoms with E-state index in [1.165, 1.54) is 17.5 Å². The van der Waals surface area contributed by atoms with Gasteiger partial charge in [-0.05, 0) is 55.1 Å². The van der Waals surface area contributed by atoms with Gasteiger partial charge < -0.3 is 16.0 Å². The molecule has 2 fully saturated rings. The Hall–Kier alpha value is -1.59. The van der Waals surface area contributed by atoms with Crippen molar-refractivity contribution in [2.75, 3.05) is 13.1 Å². The summed E-state index contributed by atoms with van der Waals surface area (Å²) in [6.45, 7) is 1.49. The summed E-state index contributed by atoms with van der Waals surface area (Å²) in [4.78, 5) is 27.0. The van der Waals surface area contributed by atoms with Crippen molar-refractivity contribution in [1.82, 2.24) is 10.2 Å². The Kier molecular flexibility index (Phi) is 6.43. The molecular formula is C21H30ClN3O2. The number of nitrogens with two attached hydrogens (primary N) is 1. The topological polar surface area (TPSA) is 75.4 Å². The van der Waals surface area contributed by atoms with Crippen LogP contribution in [0.5, 0.6) is 0 Å². The van der Waals surface area contributed by atoms with Gasteiger partial charge in [0.05, 0.1) is 6.54 Å². The fraction of sp³-hybridized carbons (Fsp3) is 0.619. The molecule has 0 spiro atoms. The number of halogens is 1. The number of amides is 2. The van der Waals surface area contributed by atoms with Crippen LogP contribution in [-0.4, -0.2) is 35.8 Å². The zero-order valence-corrected chi connectivity index (χ0v) is 16.5. The van der Waals surface area contributed by atoms with Gasteiger partial charge in [0.1, 0.15) is 0 Å². The van der Waals surface area contributed by atoms with E-state index in [1.807, 2.05) is 17.0 Å². The van der Waals surface area contributed by atoms with Crippen LogP contribution in [0, 0.1) is 17.8 Å². The summed E-state index contributed by atoms with van der Waals surface area (Å²) in [7, 11) is 0. The first kappa shape index (κ1) is 20.2. The Balaban J connectivity index is 0.00000210.